The van der Waals surface area contributed by atoms with Crippen molar-refractivity contribution < 1.29 is 18.6 Å². The minimum atomic E-state index is -2.94. The zero-order chi connectivity index (χ0) is 21.1. The summed E-state index contributed by atoms with van der Waals surface area (Å²) in [6.07, 6.45) is 5.24. The largest absolute Gasteiger partial charge is 0.434 e. The number of nitrogens with one attached hydrogen (secondary N) is 1. The molecule has 3 aromatic rings. The van der Waals surface area contributed by atoms with Crippen LogP contribution in [0, 0.1) is 6.92 Å². The number of anilines is 1. The number of aliphatic hydroxyl groups excluding tert-OH is 1. The van der Waals surface area contributed by atoms with Gasteiger partial charge in [-0.1, -0.05) is 6.07 Å². The number of hydrogen-bond donors (Lipinski definition) is 2. The highest BCUT2D eigenvalue weighted by Crippen LogP contribution is 2.33. The highest BCUT2D eigenvalue weighted by atomic mass is 19.3. The van der Waals surface area contributed by atoms with Gasteiger partial charge in [0.05, 0.1) is 18.3 Å². The van der Waals surface area contributed by atoms with E-state index in [9.17, 15) is 13.9 Å². The fraction of sp³-hybridized carbons (Fsp3) is 0.450. The van der Waals surface area contributed by atoms with E-state index in [1.807, 2.05) is 6.07 Å². The molecule has 1 aliphatic heterocycles. The lowest BCUT2D eigenvalue weighted by Gasteiger charge is -2.32. The molecule has 2 aromatic heterocycles. The van der Waals surface area contributed by atoms with Gasteiger partial charge in [-0.15, -0.1) is 10.2 Å². The molecule has 1 atom stereocenters. The zero-order valence-electron chi connectivity index (χ0n) is 16.6. The Morgan fingerprint density at radius 1 is 1.33 bits per heavy atom. The topological polar surface area (TPSA) is 87.8 Å². The van der Waals surface area contributed by atoms with Crippen molar-refractivity contribution in [3.63, 3.8) is 0 Å². The van der Waals surface area contributed by atoms with Crippen molar-refractivity contribution in [2.24, 2.45) is 0 Å². The molecule has 2 N–H and O–H groups in total. The molecule has 0 bridgehead atoms. The van der Waals surface area contributed by atoms with E-state index in [0.717, 1.165) is 31.5 Å². The number of ether oxygens (including phenoxy) is 1. The van der Waals surface area contributed by atoms with Crippen LogP contribution in [0.5, 0.6) is 5.75 Å². The first-order chi connectivity index (χ1) is 14.5. The van der Waals surface area contributed by atoms with E-state index >= 15 is 0 Å². The lowest BCUT2D eigenvalue weighted by atomic mass is 10.1. The van der Waals surface area contributed by atoms with Gasteiger partial charge in [0.15, 0.2) is 0 Å². The minimum absolute atomic E-state index is 0.0510. The maximum atomic E-state index is 12.9. The molecule has 1 aliphatic rings. The van der Waals surface area contributed by atoms with E-state index in [1.54, 1.807) is 36.0 Å². The Morgan fingerprint density at radius 2 is 2.20 bits per heavy atom. The first kappa shape index (κ1) is 20.4. The molecule has 4 rings (SSSR count). The molecule has 0 radical (unpaired) electrons. The van der Waals surface area contributed by atoms with Crippen molar-refractivity contribution in [3.05, 3.63) is 36.3 Å². The summed E-state index contributed by atoms with van der Waals surface area (Å²) >= 11 is 0. The summed E-state index contributed by atoms with van der Waals surface area (Å²) in [7, 11) is 0. The second-order valence-corrected chi connectivity index (χ2v) is 7.41. The number of aromatic nitrogens is 4. The smallest absolute Gasteiger partial charge is 0.387 e. The van der Waals surface area contributed by atoms with E-state index in [-0.39, 0.29) is 18.4 Å². The van der Waals surface area contributed by atoms with Crippen LogP contribution in [0.4, 0.5) is 14.7 Å². The number of hydrogen-bond acceptors (Lipinski definition) is 7. The number of piperidine rings is 1. The third-order valence-electron chi connectivity index (χ3n) is 5.22. The minimum Gasteiger partial charge on any atom is -0.434 e. The molecule has 10 heteroatoms. The van der Waals surface area contributed by atoms with Crippen molar-refractivity contribution in [3.8, 4) is 17.0 Å². The van der Waals surface area contributed by atoms with Gasteiger partial charge in [-0.2, -0.15) is 8.78 Å². The quantitative estimate of drug-likeness (QED) is 0.610. The van der Waals surface area contributed by atoms with Crippen LogP contribution in [0.25, 0.3) is 16.8 Å². The van der Waals surface area contributed by atoms with Gasteiger partial charge in [-0.05, 0) is 44.0 Å². The van der Waals surface area contributed by atoms with Gasteiger partial charge in [-0.25, -0.2) is 4.98 Å². The van der Waals surface area contributed by atoms with Crippen molar-refractivity contribution >= 4 is 11.5 Å². The maximum Gasteiger partial charge on any atom is 0.387 e. The molecule has 8 nitrogen and oxygen atoms in total. The first-order valence-electron chi connectivity index (χ1n) is 9.89. The van der Waals surface area contributed by atoms with E-state index in [4.69, 9.17) is 4.74 Å². The fourth-order valence-electron chi connectivity index (χ4n) is 3.85. The summed E-state index contributed by atoms with van der Waals surface area (Å²) in [4.78, 5) is 6.41. The number of β-amino-alcohol motifs (C(OH)–C–C–N with tert-alkyl or cyclic N) is 1. The third kappa shape index (κ3) is 4.34. The number of imidazole rings is 1. The number of benzene rings is 1. The average Bonchev–Trinajstić information content (AvgIpc) is 3.19. The van der Waals surface area contributed by atoms with E-state index in [1.165, 1.54) is 0 Å². The Morgan fingerprint density at radius 3 is 3.00 bits per heavy atom. The SMILES string of the molecule is Cc1ccc(-c2nnc(N[C@@H]3CCCN(CCO)C3)n3cncc23)c(OC(F)F)c1. The van der Waals surface area contributed by atoms with Gasteiger partial charge >= 0.3 is 6.61 Å². The van der Waals surface area contributed by atoms with E-state index in [2.05, 4.69) is 25.4 Å². The molecule has 0 saturated carbocycles. The van der Waals surface area contributed by atoms with Gasteiger partial charge in [0.2, 0.25) is 5.95 Å². The number of rotatable bonds is 7. The summed E-state index contributed by atoms with van der Waals surface area (Å²) in [5.41, 5.74) is 2.28. The zero-order valence-corrected chi connectivity index (χ0v) is 16.6. The number of nitrogens with zero attached hydrogens (tertiary/aromatic N) is 5. The number of likely N-dealkylation sites (tertiary alicyclic amines) is 1. The van der Waals surface area contributed by atoms with Crippen molar-refractivity contribution in [1.82, 2.24) is 24.5 Å². The fourth-order valence-corrected chi connectivity index (χ4v) is 3.85. The number of aliphatic hydroxyl groups is 1. The highest BCUT2D eigenvalue weighted by molar-refractivity contribution is 5.81. The summed E-state index contributed by atoms with van der Waals surface area (Å²) in [6, 6.07) is 5.23. The van der Waals surface area contributed by atoms with Crippen LogP contribution < -0.4 is 10.1 Å². The van der Waals surface area contributed by atoms with Crippen molar-refractivity contribution in [2.75, 3.05) is 31.6 Å². The first-order valence-corrected chi connectivity index (χ1v) is 9.89. The van der Waals surface area contributed by atoms with Gasteiger partial charge in [-0.3, -0.25) is 9.30 Å². The summed E-state index contributed by atoms with van der Waals surface area (Å²) in [5, 5.41) is 21.2. The standard InChI is InChI=1S/C20H24F2N6O2/c1-13-4-5-15(17(9-13)30-19(21)22)18-16-10-23-12-28(16)20(26-25-18)24-14-3-2-6-27(11-14)7-8-29/h4-5,9-10,12,14,19,29H,2-3,6-8,11H2,1H3,(H,24,26)/t14-/m1/s1. The summed E-state index contributed by atoms with van der Waals surface area (Å²) in [6.45, 7) is 1.40. The Kier molecular flexibility index (Phi) is 6.05. The number of aryl methyl sites for hydroxylation is 1. The van der Waals surface area contributed by atoms with Gasteiger partial charge in [0.25, 0.3) is 0 Å². The van der Waals surface area contributed by atoms with Crippen molar-refractivity contribution in [1.29, 1.82) is 0 Å². The average molecular weight is 418 g/mol. The highest BCUT2D eigenvalue weighted by Gasteiger charge is 2.22. The number of alkyl halides is 2. The number of fused-ring (bicyclic) bond motifs is 1. The van der Waals surface area contributed by atoms with Crippen LogP contribution >= 0.6 is 0 Å². The lowest BCUT2D eigenvalue weighted by Crippen LogP contribution is -2.43. The molecule has 0 amide bonds. The molecule has 1 aromatic carbocycles. The number of halogens is 2. The third-order valence-corrected chi connectivity index (χ3v) is 5.22. The van der Waals surface area contributed by atoms with Crippen LogP contribution in [0.3, 0.4) is 0 Å². The Labute approximate surface area is 172 Å². The van der Waals surface area contributed by atoms with E-state index in [0.29, 0.717) is 29.3 Å². The normalized spacial score (nSPS) is 17.6. The van der Waals surface area contributed by atoms with Gasteiger partial charge in [0.1, 0.15) is 17.8 Å². The Balaban J connectivity index is 1.65. The van der Waals surface area contributed by atoms with Crippen molar-refractivity contribution in [2.45, 2.75) is 32.4 Å². The monoisotopic (exact) mass is 418 g/mol. The molecule has 1 fully saturated rings. The molecule has 3 heterocycles. The molecule has 160 valence electrons. The summed E-state index contributed by atoms with van der Waals surface area (Å²) < 4.78 is 32.3. The molecular formula is C20H24F2N6O2. The van der Waals surface area contributed by atoms with Crippen LogP contribution in [0.1, 0.15) is 18.4 Å². The predicted octanol–water partition coefficient (Wildman–Crippen LogP) is 2.57. The lowest BCUT2D eigenvalue weighted by molar-refractivity contribution is -0.0494. The molecule has 30 heavy (non-hydrogen) atoms. The molecule has 0 spiro atoms. The summed E-state index contributed by atoms with van der Waals surface area (Å²) in [5.74, 6) is 0.584. The van der Waals surface area contributed by atoms with Gasteiger partial charge < -0.3 is 15.2 Å². The molecular weight excluding hydrogens is 394 g/mol. The second kappa shape index (κ2) is 8.88. The molecule has 0 unspecified atom stereocenters. The Hall–Kier alpha value is -2.85. The molecule has 1 saturated heterocycles. The van der Waals surface area contributed by atoms with Gasteiger partial charge in [0, 0.05) is 24.7 Å². The van der Waals surface area contributed by atoms with E-state index < -0.39 is 6.61 Å². The maximum absolute atomic E-state index is 12.9. The Bertz CT molecular complexity index is 1010. The van der Waals surface area contributed by atoms with Crippen LogP contribution in [-0.4, -0.2) is 68.5 Å². The predicted molar refractivity (Wildman–Crippen MR) is 108 cm³/mol. The second-order valence-electron chi connectivity index (χ2n) is 7.41. The molecule has 0 aliphatic carbocycles. The van der Waals surface area contributed by atoms with Crippen LogP contribution in [0.2, 0.25) is 0 Å². The van der Waals surface area contributed by atoms with Crippen LogP contribution in [-0.2, 0) is 0 Å². The van der Waals surface area contributed by atoms with Crippen LogP contribution in [0.15, 0.2) is 30.7 Å².